The Hall–Kier alpha value is -1.04. The molecule has 0 amide bonds. The summed E-state index contributed by atoms with van der Waals surface area (Å²) in [6.07, 6.45) is 6.03. The maximum Gasteiger partial charge on any atom is 0.324 e. The molecular weight excluding hydrogens is 154 g/mol. The first kappa shape index (κ1) is 9.05. The number of nitriles is 1. The zero-order valence-corrected chi connectivity index (χ0v) is 7.25. The van der Waals surface area contributed by atoms with Crippen LogP contribution in [0.2, 0.25) is 0 Å². The summed E-state index contributed by atoms with van der Waals surface area (Å²) in [6, 6.07) is 0. The van der Waals surface area contributed by atoms with E-state index in [0.29, 0.717) is 5.92 Å². The van der Waals surface area contributed by atoms with Gasteiger partial charge >= 0.3 is 5.97 Å². The molecule has 1 saturated carbocycles. The molecule has 0 saturated heterocycles. The normalized spacial score (nSPS) is 20.0. The second-order valence-electron chi connectivity index (χ2n) is 3.35. The van der Waals surface area contributed by atoms with Gasteiger partial charge in [0, 0.05) is 0 Å². The Balaban J connectivity index is 2.40. The zero-order valence-electron chi connectivity index (χ0n) is 7.25. The average Bonchev–Trinajstić information content (AvgIpc) is 2.55. The first-order valence-electron chi connectivity index (χ1n) is 4.35. The summed E-state index contributed by atoms with van der Waals surface area (Å²) >= 11 is 0. The van der Waals surface area contributed by atoms with Gasteiger partial charge < -0.3 is 4.74 Å². The van der Waals surface area contributed by atoms with E-state index in [4.69, 9.17) is 5.26 Å². The van der Waals surface area contributed by atoms with E-state index in [0.717, 1.165) is 12.8 Å². The van der Waals surface area contributed by atoms with Crippen molar-refractivity contribution >= 4 is 5.97 Å². The van der Waals surface area contributed by atoms with Gasteiger partial charge in [-0.05, 0) is 18.8 Å². The van der Waals surface area contributed by atoms with Gasteiger partial charge in [-0.25, -0.2) is 0 Å². The Bertz CT molecular complexity index is 201. The minimum absolute atomic E-state index is 0.104. The molecule has 0 unspecified atom stereocenters. The third-order valence-corrected chi connectivity index (χ3v) is 2.62. The van der Waals surface area contributed by atoms with Crippen LogP contribution in [-0.4, -0.2) is 5.97 Å². The highest BCUT2D eigenvalue weighted by Crippen LogP contribution is 2.31. The van der Waals surface area contributed by atoms with E-state index < -0.39 is 0 Å². The number of hydrogen-bond acceptors (Lipinski definition) is 3. The van der Waals surface area contributed by atoms with E-state index in [1.54, 1.807) is 0 Å². The minimum Gasteiger partial charge on any atom is -0.351 e. The first-order valence-corrected chi connectivity index (χ1v) is 4.35. The Morgan fingerprint density at radius 3 is 2.67 bits per heavy atom. The Kier molecular flexibility index (Phi) is 3.09. The predicted molar refractivity (Wildman–Crippen MR) is 42.8 cm³/mol. The lowest BCUT2D eigenvalue weighted by atomic mass is 9.93. The van der Waals surface area contributed by atoms with Crippen molar-refractivity contribution in [2.24, 2.45) is 11.8 Å². The van der Waals surface area contributed by atoms with Gasteiger partial charge in [0.1, 0.15) is 0 Å². The van der Waals surface area contributed by atoms with Crippen LogP contribution in [0.5, 0.6) is 0 Å². The fourth-order valence-corrected chi connectivity index (χ4v) is 1.79. The Morgan fingerprint density at radius 2 is 2.17 bits per heavy atom. The van der Waals surface area contributed by atoms with Gasteiger partial charge in [-0.1, -0.05) is 19.8 Å². The van der Waals surface area contributed by atoms with Crippen molar-refractivity contribution in [1.29, 1.82) is 5.26 Å². The van der Waals surface area contributed by atoms with Crippen molar-refractivity contribution < 1.29 is 9.53 Å². The second kappa shape index (κ2) is 4.10. The van der Waals surface area contributed by atoms with Gasteiger partial charge in [0.15, 0.2) is 0 Å². The molecule has 3 heteroatoms. The van der Waals surface area contributed by atoms with Crippen LogP contribution in [0.1, 0.15) is 32.6 Å². The number of esters is 1. The molecule has 0 aromatic rings. The zero-order chi connectivity index (χ0) is 8.97. The predicted octanol–water partition coefficient (Wildman–Crippen LogP) is 1.84. The summed E-state index contributed by atoms with van der Waals surface area (Å²) in [5, 5.41) is 8.14. The monoisotopic (exact) mass is 167 g/mol. The quantitative estimate of drug-likeness (QED) is 0.465. The summed E-state index contributed by atoms with van der Waals surface area (Å²) < 4.78 is 4.28. The molecule has 1 rings (SSSR count). The largest absolute Gasteiger partial charge is 0.351 e. The lowest BCUT2D eigenvalue weighted by Crippen LogP contribution is -2.19. The molecule has 0 bridgehead atoms. The lowest BCUT2D eigenvalue weighted by Gasteiger charge is -2.14. The highest BCUT2D eigenvalue weighted by atomic mass is 16.5. The maximum atomic E-state index is 11.1. The van der Waals surface area contributed by atoms with Crippen LogP contribution < -0.4 is 0 Å². The molecule has 1 fully saturated rings. The van der Waals surface area contributed by atoms with Crippen molar-refractivity contribution in [2.45, 2.75) is 32.6 Å². The Labute approximate surface area is 72.3 Å². The molecule has 12 heavy (non-hydrogen) atoms. The van der Waals surface area contributed by atoms with E-state index in [9.17, 15) is 4.79 Å². The summed E-state index contributed by atoms with van der Waals surface area (Å²) in [4.78, 5) is 11.1. The van der Waals surface area contributed by atoms with Gasteiger partial charge in [0.05, 0.1) is 5.92 Å². The van der Waals surface area contributed by atoms with Gasteiger partial charge in [-0.2, -0.15) is 0 Å². The number of carbonyl (C=O) groups is 1. The van der Waals surface area contributed by atoms with Gasteiger partial charge in [0.2, 0.25) is 0 Å². The first-order chi connectivity index (χ1) is 5.75. The van der Waals surface area contributed by atoms with Crippen LogP contribution in [-0.2, 0) is 9.53 Å². The van der Waals surface area contributed by atoms with Crippen molar-refractivity contribution in [3.8, 4) is 6.26 Å². The SMILES string of the molecule is C[C@@H](C(=O)OC#N)C1CCCC1. The van der Waals surface area contributed by atoms with Crippen LogP contribution >= 0.6 is 0 Å². The molecule has 0 spiro atoms. The highest BCUT2D eigenvalue weighted by Gasteiger charge is 2.27. The average molecular weight is 167 g/mol. The van der Waals surface area contributed by atoms with Crippen LogP contribution in [0.4, 0.5) is 0 Å². The number of ether oxygens (including phenoxy) is 1. The van der Waals surface area contributed by atoms with Gasteiger partial charge in [-0.3, -0.25) is 4.79 Å². The molecule has 1 aliphatic carbocycles. The maximum absolute atomic E-state index is 11.1. The molecule has 0 heterocycles. The second-order valence-corrected chi connectivity index (χ2v) is 3.35. The summed E-state index contributed by atoms with van der Waals surface area (Å²) in [5.41, 5.74) is 0. The van der Waals surface area contributed by atoms with Crippen molar-refractivity contribution in [1.82, 2.24) is 0 Å². The van der Waals surface area contributed by atoms with E-state index in [2.05, 4.69) is 4.74 Å². The third kappa shape index (κ3) is 1.97. The van der Waals surface area contributed by atoms with Crippen molar-refractivity contribution in [2.75, 3.05) is 0 Å². The Morgan fingerprint density at radius 1 is 1.58 bits per heavy atom. The third-order valence-electron chi connectivity index (χ3n) is 2.62. The summed E-state index contributed by atoms with van der Waals surface area (Å²) in [7, 11) is 0. The standard InChI is InChI=1S/C9H13NO2/c1-7(9(11)12-6-10)8-4-2-3-5-8/h7-8H,2-5H2,1H3/t7-/m1/s1. The van der Waals surface area contributed by atoms with Crippen LogP contribution in [0.3, 0.4) is 0 Å². The molecule has 0 radical (unpaired) electrons. The fourth-order valence-electron chi connectivity index (χ4n) is 1.79. The molecule has 1 atom stereocenters. The van der Waals surface area contributed by atoms with E-state index in [-0.39, 0.29) is 11.9 Å². The van der Waals surface area contributed by atoms with Crippen LogP contribution in [0, 0.1) is 23.4 Å². The smallest absolute Gasteiger partial charge is 0.324 e. The lowest BCUT2D eigenvalue weighted by molar-refractivity contribution is -0.142. The minimum atomic E-state index is -0.371. The summed E-state index contributed by atoms with van der Waals surface area (Å²) in [5.74, 6) is -0.0394. The van der Waals surface area contributed by atoms with Crippen molar-refractivity contribution in [3.05, 3.63) is 0 Å². The number of nitrogens with zero attached hydrogens (tertiary/aromatic N) is 1. The number of hydrogen-bond donors (Lipinski definition) is 0. The van der Waals surface area contributed by atoms with E-state index >= 15 is 0 Å². The summed E-state index contributed by atoms with van der Waals surface area (Å²) in [6.45, 7) is 1.84. The highest BCUT2D eigenvalue weighted by molar-refractivity contribution is 5.73. The van der Waals surface area contributed by atoms with Crippen LogP contribution in [0.15, 0.2) is 0 Å². The molecule has 1 aliphatic rings. The molecule has 0 aliphatic heterocycles. The molecule has 3 nitrogen and oxygen atoms in total. The molecule has 0 aromatic heterocycles. The van der Waals surface area contributed by atoms with E-state index in [1.165, 1.54) is 19.1 Å². The van der Waals surface area contributed by atoms with Gasteiger partial charge in [-0.15, -0.1) is 5.26 Å². The molecule has 66 valence electrons. The van der Waals surface area contributed by atoms with Crippen LogP contribution in [0.25, 0.3) is 0 Å². The number of rotatable bonds is 2. The molecule has 0 aromatic carbocycles. The molecule has 0 N–H and O–H groups in total. The van der Waals surface area contributed by atoms with Gasteiger partial charge in [0.25, 0.3) is 6.26 Å². The topological polar surface area (TPSA) is 50.1 Å². The fraction of sp³-hybridized carbons (Fsp3) is 0.778. The van der Waals surface area contributed by atoms with Crippen molar-refractivity contribution in [3.63, 3.8) is 0 Å². The molecular formula is C9H13NO2. The number of carbonyl (C=O) groups excluding carboxylic acids is 1. The van der Waals surface area contributed by atoms with E-state index in [1.807, 2.05) is 6.92 Å².